The summed E-state index contributed by atoms with van der Waals surface area (Å²) in [7, 11) is 0. The Morgan fingerprint density at radius 2 is 1.80 bits per heavy atom. The van der Waals surface area contributed by atoms with Crippen molar-refractivity contribution in [2.24, 2.45) is 0 Å². The molecule has 7 N–H and O–H groups in total. The number of anilines is 1. The molecule has 0 bridgehead atoms. The van der Waals surface area contributed by atoms with Crippen molar-refractivity contribution < 1.29 is 35.4 Å². The molecule has 0 unspecified atom stereocenters. The average Bonchev–Trinajstić information content (AvgIpc) is 2.43. The number of rotatable bonds is 6. The molecule has 0 aromatic heterocycles. The third kappa shape index (κ3) is 4.15. The molecule has 0 aliphatic heterocycles. The molecule has 0 heterocycles. The SMILES string of the molecule is O=C(Nc1cccc(O)c1)[C@H](O)[C@@H](O)[C@H](O)[C@H](O)CO. The van der Waals surface area contributed by atoms with E-state index in [0.717, 1.165) is 0 Å². The zero-order chi connectivity index (χ0) is 15.3. The predicted octanol–water partition coefficient (Wildman–Crippen LogP) is -2.23. The highest BCUT2D eigenvalue weighted by Crippen LogP contribution is 2.16. The van der Waals surface area contributed by atoms with Crippen LogP contribution in [0.1, 0.15) is 0 Å². The van der Waals surface area contributed by atoms with E-state index >= 15 is 0 Å². The van der Waals surface area contributed by atoms with Crippen LogP contribution in [0.4, 0.5) is 5.69 Å². The number of nitrogens with one attached hydrogen (secondary N) is 1. The summed E-state index contributed by atoms with van der Waals surface area (Å²) < 4.78 is 0. The molecule has 0 saturated heterocycles. The number of phenolic OH excluding ortho intramolecular Hbond substituents is 1. The van der Waals surface area contributed by atoms with Gasteiger partial charge in [0, 0.05) is 11.8 Å². The maximum atomic E-state index is 11.6. The van der Waals surface area contributed by atoms with Crippen molar-refractivity contribution in [2.75, 3.05) is 11.9 Å². The van der Waals surface area contributed by atoms with E-state index in [0.29, 0.717) is 0 Å². The summed E-state index contributed by atoms with van der Waals surface area (Å²) >= 11 is 0. The number of carbonyl (C=O) groups is 1. The van der Waals surface area contributed by atoms with Gasteiger partial charge in [0.1, 0.15) is 24.1 Å². The fourth-order valence-electron chi connectivity index (χ4n) is 1.48. The van der Waals surface area contributed by atoms with Gasteiger partial charge in [0.05, 0.1) is 6.61 Å². The lowest BCUT2D eigenvalue weighted by Gasteiger charge is -2.24. The standard InChI is InChI=1S/C12H17NO7/c14-5-8(16)9(17)10(18)11(19)12(20)13-6-2-1-3-7(15)4-6/h1-4,8-11,14-19H,5H2,(H,13,20)/t8-,9-,10+,11-/m1/s1. The van der Waals surface area contributed by atoms with E-state index in [9.17, 15) is 25.2 Å². The monoisotopic (exact) mass is 287 g/mol. The number of benzene rings is 1. The summed E-state index contributed by atoms with van der Waals surface area (Å²) in [4.78, 5) is 11.6. The molecule has 0 spiro atoms. The number of aliphatic hydroxyl groups is 5. The first-order chi connectivity index (χ1) is 9.36. The fourth-order valence-corrected chi connectivity index (χ4v) is 1.48. The van der Waals surface area contributed by atoms with Crippen molar-refractivity contribution in [3.63, 3.8) is 0 Å². The number of phenols is 1. The molecule has 8 nitrogen and oxygen atoms in total. The molecule has 4 atom stereocenters. The molecule has 1 aromatic carbocycles. The van der Waals surface area contributed by atoms with Gasteiger partial charge in [-0.2, -0.15) is 0 Å². The van der Waals surface area contributed by atoms with Crippen molar-refractivity contribution >= 4 is 11.6 Å². The fraction of sp³-hybridized carbons (Fsp3) is 0.417. The molecular formula is C12H17NO7. The second-order valence-electron chi connectivity index (χ2n) is 4.22. The van der Waals surface area contributed by atoms with Crippen LogP contribution in [0.2, 0.25) is 0 Å². The molecule has 0 aliphatic rings. The van der Waals surface area contributed by atoms with Crippen molar-refractivity contribution in [2.45, 2.75) is 24.4 Å². The van der Waals surface area contributed by atoms with Crippen LogP contribution in [0.3, 0.4) is 0 Å². The Kier molecular flexibility index (Phi) is 5.86. The van der Waals surface area contributed by atoms with E-state index in [4.69, 9.17) is 10.2 Å². The third-order valence-corrected chi connectivity index (χ3v) is 2.64. The number of hydrogen-bond acceptors (Lipinski definition) is 7. The summed E-state index contributed by atoms with van der Waals surface area (Å²) in [6, 6.07) is 5.49. The minimum absolute atomic E-state index is 0.103. The number of aliphatic hydroxyl groups excluding tert-OH is 5. The van der Waals surface area contributed by atoms with Crippen LogP contribution in [0.15, 0.2) is 24.3 Å². The molecule has 1 amide bonds. The number of hydrogen-bond donors (Lipinski definition) is 7. The van der Waals surface area contributed by atoms with E-state index in [2.05, 4.69) is 5.32 Å². The highest BCUT2D eigenvalue weighted by Gasteiger charge is 2.34. The van der Waals surface area contributed by atoms with Gasteiger partial charge >= 0.3 is 0 Å². The lowest BCUT2D eigenvalue weighted by Crippen LogP contribution is -2.50. The van der Waals surface area contributed by atoms with Crippen LogP contribution in [0.5, 0.6) is 5.75 Å². The molecule has 8 heteroatoms. The Morgan fingerprint density at radius 1 is 1.15 bits per heavy atom. The van der Waals surface area contributed by atoms with Gasteiger partial charge in [-0.15, -0.1) is 0 Å². The van der Waals surface area contributed by atoms with Gasteiger partial charge in [-0.1, -0.05) is 6.07 Å². The van der Waals surface area contributed by atoms with Crippen molar-refractivity contribution in [1.29, 1.82) is 0 Å². The largest absolute Gasteiger partial charge is 0.508 e. The van der Waals surface area contributed by atoms with Crippen molar-refractivity contribution in [1.82, 2.24) is 0 Å². The van der Waals surface area contributed by atoms with Gasteiger partial charge < -0.3 is 36.0 Å². The summed E-state index contributed by atoms with van der Waals surface area (Å²) in [6.07, 6.45) is -7.57. The minimum atomic E-state index is -2.02. The van der Waals surface area contributed by atoms with Crippen LogP contribution in [0.25, 0.3) is 0 Å². The van der Waals surface area contributed by atoms with Gasteiger partial charge in [-0.25, -0.2) is 0 Å². The zero-order valence-corrected chi connectivity index (χ0v) is 10.4. The predicted molar refractivity (Wildman–Crippen MR) is 67.8 cm³/mol. The summed E-state index contributed by atoms with van der Waals surface area (Å²) in [6.45, 7) is -0.834. The lowest BCUT2D eigenvalue weighted by atomic mass is 10.0. The first kappa shape index (κ1) is 16.3. The Labute approximate surface area is 114 Å². The Bertz CT molecular complexity index is 453. The second-order valence-corrected chi connectivity index (χ2v) is 4.22. The topological polar surface area (TPSA) is 150 Å². The average molecular weight is 287 g/mol. The van der Waals surface area contributed by atoms with Gasteiger partial charge in [-0.05, 0) is 12.1 Å². The first-order valence-electron chi connectivity index (χ1n) is 5.80. The Hall–Kier alpha value is -1.71. The maximum Gasteiger partial charge on any atom is 0.256 e. The van der Waals surface area contributed by atoms with E-state index in [1.807, 2.05) is 0 Å². The molecule has 1 aromatic rings. The Balaban J connectivity index is 2.67. The number of amides is 1. The number of aromatic hydroxyl groups is 1. The van der Waals surface area contributed by atoms with E-state index < -0.39 is 36.9 Å². The van der Waals surface area contributed by atoms with E-state index in [1.54, 1.807) is 0 Å². The van der Waals surface area contributed by atoms with E-state index in [-0.39, 0.29) is 11.4 Å². The third-order valence-electron chi connectivity index (χ3n) is 2.64. The lowest BCUT2D eigenvalue weighted by molar-refractivity contribution is -0.144. The Morgan fingerprint density at radius 3 is 2.35 bits per heavy atom. The molecular weight excluding hydrogens is 270 g/mol. The molecule has 0 radical (unpaired) electrons. The van der Waals surface area contributed by atoms with Gasteiger partial charge in [0.15, 0.2) is 6.10 Å². The minimum Gasteiger partial charge on any atom is -0.508 e. The molecule has 0 saturated carbocycles. The summed E-state index contributed by atoms with van der Waals surface area (Å²) in [5.74, 6) is -1.14. The van der Waals surface area contributed by atoms with Crippen LogP contribution in [0, 0.1) is 0 Å². The van der Waals surface area contributed by atoms with Crippen LogP contribution >= 0.6 is 0 Å². The summed E-state index contributed by atoms with van der Waals surface area (Å²) in [5, 5.41) is 57.6. The van der Waals surface area contributed by atoms with Crippen LogP contribution < -0.4 is 5.32 Å². The second kappa shape index (κ2) is 7.17. The molecule has 0 fully saturated rings. The van der Waals surface area contributed by atoms with Gasteiger partial charge in [0.25, 0.3) is 5.91 Å². The smallest absolute Gasteiger partial charge is 0.256 e. The summed E-state index contributed by atoms with van der Waals surface area (Å²) in [5.41, 5.74) is 0.179. The highest BCUT2D eigenvalue weighted by atomic mass is 16.4. The van der Waals surface area contributed by atoms with Crippen LogP contribution in [-0.4, -0.2) is 67.6 Å². The normalized spacial score (nSPS) is 17.1. The quantitative estimate of drug-likeness (QED) is 0.313. The highest BCUT2D eigenvalue weighted by molar-refractivity contribution is 5.94. The molecule has 1 rings (SSSR count). The number of carbonyl (C=O) groups excluding carboxylic acids is 1. The molecule has 0 aliphatic carbocycles. The maximum absolute atomic E-state index is 11.6. The first-order valence-corrected chi connectivity index (χ1v) is 5.80. The van der Waals surface area contributed by atoms with Gasteiger partial charge in [-0.3, -0.25) is 4.79 Å². The van der Waals surface area contributed by atoms with Crippen LogP contribution in [-0.2, 0) is 4.79 Å². The van der Waals surface area contributed by atoms with Crippen molar-refractivity contribution in [3.8, 4) is 5.75 Å². The molecule has 112 valence electrons. The van der Waals surface area contributed by atoms with Gasteiger partial charge in [0.2, 0.25) is 0 Å². The van der Waals surface area contributed by atoms with E-state index in [1.165, 1.54) is 24.3 Å². The zero-order valence-electron chi connectivity index (χ0n) is 10.4. The van der Waals surface area contributed by atoms with Crippen molar-refractivity contribution in [3.05, 3.63) is 24.3 Å². The molecule has 20 heavy (non-hydrogen) atoms.